The molecular formula is C19H20Cl2N2O6S. The van der Waals surface area contributed by atoms with E-state index in [0.29, 0.717) is 5.56 Å². The number of phenolic OH excluding ortho intramolecular Hbond substituents is 1. The van der Waals surface area contributed by atoms with Crippen molar-refractivity contribution in [2.45, 2.75) is 11.4 Å². The summed E-state index contributed by atoms with van der Waals surface area (Å²) in [5.74, 6) is -0.321. The summed E-state index contributed by atoms with van der Waals surface area (Å²) in [5, 5.41) is 12.3. The molecule has 11 heteroatoms. The normalized spacial score (nSPS) is 15.0. The number of carbonyl (C=O) groups excluding carboxylic acids is 1. The lowest BCUT2D eigenvalue weighted by Crippen LogP contribution is -2.40. The Morgan fingerprint density at radius 3 is 2.57 bits per heavy atom. The second kappa shape index (κ2) is 9.40. The molecule has 1 amide bonds. The molecule has 1 fully saturated rings. The maximum Gasteiger partial charge on any atom is 0.253 e. The van der Waals surface area contributed by atoms with Crippen molar-refractivity contribution in [1.29, 1.82) is 0 Å². The lowest BCUT2D eigenvalue weighted by molar-refractivity contribution is 0.0730. The summed E-state index contributed by atoms with van der Waals surface area (Å²) in [6.07, 6.45) is 0. The Morgan fingerprint density at radius 2 is 1.90 bits per heavy atom. The van der Waals surface area contributed by atoms with Crippen molar-refractivity contribution in [3.05, 3.63) is 51.5 Å². The van der Waals surface area contributed by atoms with E-state index < -0.39 is 15.9 Å². The average Bonchev–Trinajstić information content (AvgIpc) is 2.73. The molecule has 0 aromatic heterocycles. The van der Waals surface area contributed by atoms with Crippen molar-refractivity contribution >= 4 is 39.1 Å². The second-order valence-electron chi connectivity index (χ2n) is 6.47. The van der Waals surface area contributed by atoms with Gasteiger partial charge in [-0.05, 0) is 29.8 Å². The highest BCUT2D eigenvalue weighted by Crippen LogP contribution is 2.31. The van der Waals surface area contributed by atoms with E-state index in [1.54, 1.807) is 12.1 Å². The quantitative estimate of drug-likeness (QED) is 0.666. The van der Waals surface area contributed by atoms with Crippen LogP contribution in [0.2, 0.25) is 10.0 Å². The van der Waals surface area contributed by atoms with E-state index >= 15 is 0 Å². The molecule has 0 unspecified atom stereocenters. The first-order valence-corrected chi connectivity index (χ1v) is 11.1. The fraction of sp³-hybridized carbons (Fsp3) is 0.316. The predicted octanol–water partition coefficient (Wildman–Crippen LogP) is 2.66. The first-order chi connectivity index (χ1) is 14.2. The number of nitrogens with zero attached hydrogens (tertiary/aromatic N) is 1. The van der Waals surface area contributed by atoms with Crippen molar-refractivity contribution in [2.24, 2.45) is 0 Å². The van der Waals surface area contributed by atoms with Crippen molar-refractivity contribution in [2.75, 3.05) is 33.4 Å². The Kier molecular flexibility index (Phi) is 7.10. The average molecular weight is 475 g/mol. The largest absolute Gasteiger partial charge is 0.504 e. The zero-order valence-corrected chi connectivity index (χ0v) is 18.4. The maximum atomic E-state index is 12.9. The Morgan fingerprint density at radius 1 is 1.20 bits per heavy atom. The highest BCUT2D eigenvalue weighted by molar-refractivity contribution is 7.89. The first-order valence-electron chi connectivity index (χ1n) is 8.95. The number of ether oxygens (including phenoxy) is 2. The fourth-order valence-corrected chi connectivity index (χ4v) is 5.18. The van der Waals surface area contributed by atoms with Crippen LogP contribution in [0, 0.1) is 0 Å². The van der Waals surface area contributed by atoms with Gasteiger partial charge in [0, 0.05) is 19.6 Å². The van der Waals surface area contributed by atoms with Gasteiger partial charge in [-0.2, -0.15) is 4.31 Å². The van der Waals surface area contributed by atoms with E-state index in [1.165, 1.54) is 29.6 Å². The fourth-order valence-electron chi connectivity index (χ4n) is 2.94. The second-order valence-corrected chi connectivity index (χ2v) is 9.19. The third-order valence-electron chi connectivity index (χ3n) is 4.55. The van der Waals surface area contributed by atoms with Crippen LogP contribution in [0.25, 0.3) is 0 Å². The van der Waals surface area contributed by atoms with Crippen LogP contribution in [0.15, 0.2) is 35.2 Å². The summed E-state index contributed by atoms with van der Waals surface area (Å²) < 4.78 is 37.4. The van der Waals surface area contributed by atoms with Crippen LogP contribution in [0.4, 0.5) is 0 Å². The Labute approximate surface area is 184 Å². The molecule has 0 bridgehead atoms. The van der Waals surface area contributed by atoms with Gasteiger partial charge in [0.2, 0.25) is 10.0 Å². The maximum absolute atomic E-state index is 12.9. The van der Waals surface area contributed by atoms with Crippen molar-refractivity contribution in [3.8, 4) is 11.5 Å². The summed E-state index contributed by atoms with van der Waals surface area (Å²) in [6.45, 7) is 1.08. The molecule has 1 aliphatic heterocycles. The molecule has 0 aliphatic carbocycles. The molecule has 2 aromatic rings. The molecule has 0 radical (unpaired) electrons. The van der Waals surface area contributed by atoms with Gasteiger partial charge in [0.15, 0.2) is 11.5 Å². The van der Waals surface area contributed by atoms with E-state index in [9.17, 15) is 18.3 Å². The summed E-state index contributed by atoms with van der Waals surface area (Å²) in [6, 6.07) is 7.07. The molecule has 162 valence electrons. The lowest BCUT2D eigenvalue weighted by atomic mass is 10.1. The monoisotopic (exact) mass is 474 g/mol. The number of methoxy groups -OCH3 is 1. The number of rotatable bonds is 6. The van der Waals surface area contributed by atoms with Crippen molar-refractivity contribution in [3.63, 3.8) is 0 Å². The number of halogens is 2. The van der Waals surface area contributed by atoms with E-state index in [2.05, 4.69) is 5.32 Å². The summed E-state index contributed by atoms with van der Waals surface area (Å²) in [5.41, 5.74) is 0.655. The topological polar surface area (TPSA) is 105 Å². The van der Waals surface area contributed by atoms with Gasteiger partial charge in [-0.1, -0.05) is 29.3 Å². The van der Waals surface area contributed by atoms with Gasteiger partial charge in [0.1, 0.15) is 4.90 Å². The van der Waals surface area contributed by atoms with Crippen molar-refractivity contribution < 1.29 is 27.8 Å². The molecule has 1 heterocycles. The zero-order valence-electron chi connectivity index (χ0n) is 16.0. The minimum Gasteiger partial charge on any atom is -0.504 e. The third kappa shape index (κ3) is 4.81. The number of phenols is 1. The molecule has 1 saturated heterocycles. The third-order valence-corrected chi connectivity index (χ3v) is 7.23. The molecule has 1 aliphatic rings. The number of carbonyl (C=O) groups is 1. The van der Waals surface area contributed by atoms with Crippen LogP contribution < -0.4 is 10.1 Å². The lowest BCUT2D eigenvalue weighted by Gasteiger charge is -2.26. The highest BCUT2D eigenvalue weighted by Gasteiger charge is 2.30. The van der Waals surface area contributed by atoms with Gasteiger partial charge in [-0.25, -0.2) is 8.42 Å². The van der Waals surface area contributed by atoms with Gasteiger partial charge in [0.05, 0.1) is 35.9 Å². The summed E-state index contributed by atoms with van der Waals surface area (Å²) in [4.78, 5) is 12.5. The first kappa shape index (κ1) is 22.6. The van der Waals surface area contributed by atoms with Gasteiger partial charge >= 0.3 is 0 Å². The van der Waals surface area contributed by atoms with Crippen LogP contribution in [-0.4, -0.2) is 57.1 Å². The standard InChI is InChI=1S/C19H20Cl2N2O6S/c1-28-17-8-12(2-3-16(17)24)11-22-19(25)13-9-18(15(21)10-14(13)20)30(26,27)23-4-6-29-7-5-23/h2-3,8-10,24H,4-7,11H2,1H3,(H,22,25). The van der Waals surface area contributed by atoms with Crippen LogP contribution in [0.3, 0.4) is 0 Å². The smallest absolute Gasteiger partial charge is 0.253 e. The van der Waals surface area contributed by atoms with Crippen LogP contribution >= 0.6 is 23.2 Å². The molecule has 0 saturated carbocycles. The van der Waals surface area contributed by atoms with Gasteiger partial charge < -0.3 is 19.9 Å². The molecule has 8 nitrogen and oxygen atoms in total. The highest BCUT2D eigenvalue weighted by atomic mass is 35.5. The van der Waals surface area contributed by atoms with Crippen molar-refractivity contribution in [1.82, 2.24) is 9.62 Å². The van der Waals surface area contributed by atoms with E-state index in [1.807, 2.05) is 0 Å². The molecular weight excluding hydrogens is 455 g/mol. The number of benzene rings is 2. The molecule has 2 aromatic carbocycles. The SMILES string of the molecule is COc1cc(CNC(=O)c2cc(S(=O)(=O)N3CCOCC3)c(Cl)cc2Cl)ccc1O. The number of sulfonamides is 1. The van der Waals surface area contributed by atoms with E-state index in [4.69, 9.17) is 32.7 Å². The van der Waals surface area contributed by atoms with Gasteiger partial charge in [-0.3, -0.25) is 4.79 Å². The number of morpholine rings is 1. The number of amides is 1. The molecule has 0 spiro atoms. The van der Waals surface area contributed by atoms with E-state index in [-0.39, 0.29) is 64.9 Å². The zero-order chi connectivity index (χ0) is 21.9. The molecule has 2 N–H and O–H groups in total. The predicted molar refractivity (Wildman–Crippen MR) is 112 cm³/mol. The molecule has 0 atom stereocenters. The minimum atomic E-state index is -3.91. The summed E-state index contributed by atoms with van der Waals surface area (Å²) in [7, 11) is -2.49. The number of hydrogen-bond donors (Lipinski definition) is 2. The number of hydrogen-bond acceptors (Lipinski definition) is 6. The minimum absolute atomic E-state index is 0.0151. The number of aromatic hydroxyl groups is 1. The van der Waals surface area contributed by atoms with Gasteiger partial charge in [-0.15, -0.1) is 0 Å². The number of nitrogens with one attached hydrogen (secondary N) is 1. The Balaban J connectivity index is 1.83. The van der Waals surface area contributed by atoms with Crippen LogP contribution in [0.1, 0.15) is 15.9 Å². The van der Waals surface area contributed by atoms with Crippen LogP contribution in [-0.2, 0) is 21.3 Å². The van der Waals surface area contributed by atoms with Gasteiger partial charge in [0.25, 0.3) is 5.91 Å². The summed E-state index contributed by atoms with van der Waals surface area (Å²) >= 11 is 12.3. The van der Waals surface area contributed by atoms with Crippen LogP contribution in [0.5, 0.6) is 11.5 Å². The Hall–Kier alpha value is -2.04. The molecule has 3 rings (SSSR count). The molecule has 30 heavy (non-hydrogen) atoms. The Bertz CT molecular complexity index is 1060. The van der Waals surface area contributed by atoms with E-state index in [0.717, 1.165) is 0 Å².